The summed E-state index contributed by atoms with van der Waals surface area (Å²) < 4.78 is 37.9. The van der Waals surface area contributed by atoms with E-state index in [9.17, 15) is 13.2 Å². The number of hydrogen-bond donors (Lipinski definition) is 0. The van der Waals surface area contributed by atoms with Gasteiger partial charge in [0.15, 0.2) is 0 Å². The lowest BCUT2D eigenvalue weighted by molar-refractivity contribution is -0.276. The van der Waals surface area contributed by atoms with Crippen molar-refractivity contribution in [2.24, 2.45) is 0 Å². The third kappa shape index (κ3) is 2.88. The third-order valence-corrected chi connectivity index (χ3v) is 0.805. The van der Waals surface area contributed by atoms with Crippen LogP contribution in [0, 0.1) is 6.20 Å². The smallest absolute Gasteiger partial charge is 0.388 e. The zero-order chi connectivity index (χ0) is 8.32. The zero-order valence-electron chi connectivity index (χ0n) is 5.22. The molecule has 0 aliphatic heterocycles. The Balaban J connectivity index is 2.66. The molecule has 11 heavy (non-hydrogen) atoms. The van der Waals surface area contributed by atoms with E-state index in [4.69, 9.17) is 0 Å². The van der Waals surface area contributed by atoms with Gasteiger partial charge >= 0.3 is 6.36 Å². The average molecular weight is 162 g/mol. The first-order chi connectivity index (χ1) is 5.08. The van der Waals surface area contributed by atoms with Crippen molar-refractivity contribution >= 4 is 0 Å². The fourth-order valence-corrected chi connectivity index (χ4v) is 0.487. The van der Waals surface area contributed by atoms with Gasteiger partial charge in [-0.15, -0.1) is 13.2 Å². The SMILES string of the molecule is FC(F)(F)Oc1ccc[c]n1. The Morgan fingerprint density at radius 3 is 2.64 bits per heavy atom. The van der Waals surface area contributed by atoms with Crippen molar-refractivity contribution in [3.63, 3.8) is 0 Å². The second-order valence-corrected chi connectivity index (χ2v) is 1.65. The first-order valence-corrected chi connectivity index (χ1v) is 2.67. The van der Waals surface area contributed by atoms with E-state index in [0.717, 1.165) is 6.07 Å². The molecule has 0 saturated heterocycles. The molecule has 1 aromatic heterocycles. The van der Waals surface area contributed by atoms with Gasteiger partial charge < -0.3 is 4.74 Å². The second-order valence-electron chi connectivity index (χ2n) is 1.65. The Bertz CT molecular complexity index is 221. The Kier molecular flexibility index (Phi) is 1.98. The molecule has 0 atom stereocenters. The van der Waals surface area contributed by atoms with Crippen molar-refractivity contribution in [3.05, 3.63) is 24.4 Å². The highest BCUT2D eigenvalue weighted by molar-refractivity contribution is 5.08. The minimum Gasteiger partial charge on any atom is -0.388 e. The quantitative estimate of drug-likeness (QED) is 0.627. The summed E-state index contributed by atoms with van der Waals surface area (Å²) in [6.07, 6.45) is -2.47. The van der Waals surface area contributed by atoms with E-state index < -0.39 is 12.2 Å². The molecule has 59 valence electrons. The van der Waals surface area contributed by atoms with E-state index in [0.29, 0.717) is 0 Å². The Morgan fingerprint density at radius 2 is 2.18 bits per heavy atom. The van der Waals surface area contributed by atoms with E-state index in [-0.39, 0.29) is 0 Å². The first-order valence-electron chi connectivity index (χ1n) is 2.67. The summed E-state index contributed by atoms with van der Waals surface area (Å²) in [6, 6.07) is 3.83. The van der Waals surface area contributed by atoms with E-state index >= 15 is 0 Å². The summed E-state index contributed by atoms with van der Waals surface area (Å²) in [4.78, 5) is 3.20. The average Bonchev–Trinajstić information content (AvgIpc) is 1.85. The van der Waals surface area contributed by atoms with E-state index in [1.165, 1.54) is 12.1 Å². The summed E-state index contributed by atoms with van der Waals surface area (Å²) >= 11 is 0. The highest BCUT2D eigenvalue weighted by Gasteiger charge is 2.31. The van der Waals surface area contributed by atoms with Gasteiger partial charge in [0.1, 0.15) is 0 Å². The molecule has 0 aromatic carbocycles. The molecule has 0 bridgehead atoms. The van der Waals surface area contributed by atoms with Crippen LogP contribution in [0.3, 0.4) is 0 Å². The molecule has 0 N–H and O–H groups in total. The topological polar surface area (TPSA) is 22.1 Å². The number of rotatable bonds is 1. The van der Waals surface area contributed by atoms with Gasteiger partial charge in [-0.2, -0.15) is 0 Å². The molecule has 0 spiro atoms. The lowest BCUT2D eigenvalue weighted by Gasteiger charge is -2.05. The van der Waals surface area contributed by atoms with Crippen molar-refractivity contribution in [2.45, 2.75) is 6.36 Å². The van der Waals surface area contributed by atoms with Gasteiger partial charge in [0, 0.05) is 6.07 Å². The number of pyridine rings is 1. The highest BCUT2D eigenvalue weighted by Crippen LogP contribution is 2.19. The largest absolute Gasteiger partial charge is 0.574 e. The van der Waals surface area contributed by atoms with Crippen molar-refractivity contribution < 1.29 is 17.9 Å². The van der Waals surface area contributed by atoms with Gasteiger partial charge in [0.25, 0.3) is 0 Å². The van der Waals surface area contributed by atoms with E-state index in [1.807, 2.05) is 0 Å². The molecule has 5 heteroatoms. The van der Waals surface area contributed by atoms with Crippen LogP contribution >= 0.6 is 0 Å². The lowest BCUT2D eigenvalue weighted by atomic mass is 10.5. The predicted octanol–water partition coefficient (Wildman–Crippen LogP) is 1.78. The summed E-state index contributed by atoms with van der Waals surface area (Å²) in [5.74, 6) is -0.500. The van der Waals surface area contributed by atoms with Gasteiger partial charge in [0.2, 0.25) is 5.88 Å². The van der Waals surface area contributed by atoms with Crippen LogP contribution in [0.4, 0.5) is 13.2 Å². The van der Waals surface area contributed by atoms with Crippen LogP contribution < -0.4 is 4.74 Å². The number of ether oxygens (including phenoxy) is 1. The fourth-order valence-electron chi connectivity index (χ4n) is 0.487. The van der Waals surface area contributed by atoms with Gasteiger partial charge in [0.05, 0.1) is 6.20 Å². The van der Waals surface area contributed by atoms with E-state index in [1.54, 1.807) is 0 Å². The van der Waals surface area contributed by atoms with Crippen LogP contribution in [0.2, 0.25) is 0 Å². The zero-order valence-corrected chi connectivity index (χ0v) is 5.22. The Labute approximate surface area is 60.6 Å². The number of alkyl halides is 3. The van der Waals surface area contributed by atoms with Crippen molar-refractivity contribution in [2.75, 3.05) is 0 Å². The molecule has 0 amide bonds. The molecule has 0 fully saturated rings. The molecular weight excluding hydrogens is 159 g/mol. The monoisotopic (exact) mass is 162 g/mol. The summed E-state index contributed by atoms with van der Waals surface area (Å²) in [5, 5.41) is 0. The van der Waals surface area contributed by atoms with Crippen LogP contribution in [0.1, 0.15) is 0 Å². The lowest BCUT2D eigenvalue weighted by Crippen LogP contribution is -2.17. The number of halogens is 3. The minimum absolute atomic E-state index is 0.500. The second kappa shape index (κ2) is 2.77. The summed E-state index contributed by atoms with van der Waals surface area (Å²) in [7, 11) is 0. The molecule has 2 nitrogen and oxygen atoms in total. The number of nitrogens with zero attached hydrogens (tertiary/aromatic N) is 1. The van der Waals surface area contributed by atoms with Crippen molar-refractivity contribution in [1.82, 2.24) is 4.98 Å². The molecule has 1 radical (unpaired) electrons. The van der Waals surface area contributed by atoms with Crippen LogP contribution in [0.15, 0.2) is 18.2 Å². The summed E-state index contributed by atoms with van der Waals surface area (Å²) in [5.41, 5.74) is 0. The maximum absolute atomic E-state index is 11.5. The Hall–Kier alpha value is -1.26. The normalized spacial score (nSPS) is 11.2. The minimum atomic E-state index is -4.68. The van der Waals surface area contributed by atoms with Crippen LogP contribution in [0.25, 0.3) is 0 Å². The van der Waals surface area contributed by atoms with Crippen LogP contribution in [0.5, 0.6) is 5.88 Å². The van der Waals surface area contributed by atoms with Crippen LogP contribution in [-0.2, 0) is 0 Å². The Morgan fingerprint density at radius 1 is 1.45 bits per heavy atom. The molecule has 1 aromatic rings. The van der Waals surface area contributed by atoms with Gasteiger partial charge in [-0.1, -0.05) is 6.07 Å². The molecule has 0 aliphatic carbocycles. The van der Waals surface area contributed by atoms with Gasteiger partial charge in [-0.05, 0) is 6.07 Å². The molecule has 0 aliphatic rings. The first kappa shape index (κ1) is 7.84. The van der Waals surface area contributed by atoms with E-state index in [2.05, 4.69) is 15.9 Å². The summed E-state index contributed by atoms with van der Waals surface area (Å²) in [6.45, 7) is 0. The number of hydrogen-bond acceptors (Lipinski definition) is 2. The predicted molar refractivity (Wildman–Crippen MR) is 29.8 cm³/mol. The number of aromatic nitrogens is 1. The van der Waals surface area contributed by atoms with Crippen molar-refractivity contribution in [3.8, 4) is 5.88 Å². The molecule has 1 rings (SSSR count). The van der Waals surface area contributed by atoms with Crippen LogP contribution in [-0.4, -0.2) is 11.3 Å². The van der Waals surface area contributed by atoms with Gasteiger partial charge in [-0.3, -0.25) is 0 Å². The molecule has 0 saturated carbocycles. The molecule has 1 heterocycles. The molecule has 0 unspecified atom stereocenters. The standard InChI is InChI=1S/C6H3F3NO/c7-6(8,9)11-5-3-1-2-4-10-5/h1-3H. The third-order valence-electron chi connectivity index (χ3n) is 0.805. The maximum Gasteiger partial charge on any atom is 0.574 e. The highest BCUT2D eigenvalue weighted by atomic mass is 19.4. The molecular formula is C6H3F3NO. The fraction of sp³-hybridized carbons (Fsp3) is 0.167. The van der Waals surface area contributed by atoms with Gasteiger partial charge in [-0.25, -0.2) is 4.98 Å². The van der Waals surface area contributed by atoms with Crippen molar-refractivity contribution in [1.29, 1.82) is 0 Å². The maximum atomic E-state index is 11.5.